The van der Waals surface area contributed by atoms with Gasteiger partial charge in [-0.25, -0.2) is 4.79 Å². The molecule has 1 heterocycles. The first-order valence-electron chi connectivity index (χ1n) is 5.15. The number of halogens is 2. The number of hydrogen-bond donors (Lipinski definition) is 1. The molecular weight excluding hydrogens is 261 g/mol. The summed E-state index contributed by atoms with van der Waals surface area (Å²) in [6.07, 6.45) is 0.379. The molecule has 0 radical (unpaired) electrons. The molecular formula is C12H11Cl2NO2. The zero-order chi connectivity index (χ0) is 12.6. The van der Waals surface area contributed by atoms with Crippen molar-refractivity contribution in [3.63, 3.8) is 0 Å². The van der Waals surface area contributed by atoms with Gasteiger partial charge in [0.15, 0.2) is 0 Å². The van der Waals surface area contributed by atoms with Gasteiger partial charge in [0, 0.05) is 16.5 Å². The summed E-state index contributed by atoms with van der Waals surface area (Å²) in [5, 5.41) is 1.55. The van der Waals surface area contributed by atoms with E-state index in [2.05, 4.69) is 0 Å². The lowest BCUT2D eigenvalue weighted by atomic mass is 10.1. The van der Waals surface area contributed by atoms with Gasteiger partial charge in [-0.05, 0) is 31.5 Å². The highest BCUT2D eigenvalue weighted by Crippen LogP contribution is 2.27. The maximum absolute atomic E-state index is 11.7. The van der Waals surface area contributed by atoms with Gasteiger partial charge >= 0.3 is 5.63 Å². The minimum atomic E-state index is -0.442. The molecule has 3 nitrogen and oxygen atoms in total. The summed E-state index contributed by atoms with van der Waals surface area (Å²) in [7, 11) is 0. The van der Waals surface area contributed by atoms with Crippen LogP contribution in [-0.4, -0.2) is 6.04 Å². The van der Waals surface area contributed by atoms with Crippen molar-refractivity contribution in [2.75, 3.05) is 0 Å². The van der Waals surface area contributed by atoms with Gasteiger partial charge in [-0.1, -0.05) is 23.2 Å². The molecule has 0 bridgehead atoms. The summed E-state index contributed by atoms with van der Waals surface area (Å²) < 4.78 is 5.18. The zero-order valence-corrected chi connectivity index (χ0v) is 10.7. The number of nitrogens with two attached hydrogens (primary N) is 1. The molecule has 5 heteroatoms. The standard InChI is InChI=1S/C12H11Cl2NO2/c1-6(15)4-9-11(14)8-5-7(13)2-3-10(8)17-12(9)16/h2-3,5-6H,4,15H2,1H3. The minimum absolute atomic E-state index is 0.160. The first-order chi connectivity index (χ1) is 7.99. The molecule has 1 aromatic carbocycles. The van der Waals surface area contributed by atoms with Crippen LogP contribution in [0.25, 0.3) is 11.0 Å². The second-order valence-electron chi connectivity index (χ2n) is 4.00. The Hall–Kier alpha value is -1.03. The van der Waals surface area contributed by atoms with Gasteiger partial charge in [0.1, 0.15) is 5.58 Å². The lowest BCUT2D eigenvalue weighted by Crippen LogP contribution is -2.22. The Balaban J connectivity index is 2.73. The van der Waals surface area contributed by atoms with Gasteiger partial charge in [0.25, 0.3) is 0 Å². The molecule has 0 aliphatic carbocycles. The van der Waals surface area contributed by atoms with Gasteiger partial charge in [-0.2, -0.15) is 0 Å². The molecule has 0 aliphatic rings. The van der Waals surface area contributed by atoms with Crippen molar-refractivity contribution in [2.45, 2.75) is 19.4 Å². The molecule has 0 fully saturated rings. The van der Waals surface area contributed by atoms with Crippen LogP contribution in [0.1, 0.15) is 12.5 Å². The maximum Gasteiger partial charge on any atom is 0.341 e. The van der Waals surface area contributed by atoms with Crippen molar-refractivity contribution in [3.8, 4) is 0 Å². The Morgan fingerprint density at radius 2 is 2.12 bits per heavy atom. The van der Waals surface area contributed by atoms with Crippen LogP contribution in [0.15, 0.2) is 27.4 Å². The molecule has 0 saturated carbocycles. The van der Waals surface area contributed by atoms with Gasteiger partial charge in [0.05, 0.1) is 10.6 Å². The van der Waals surface area contributed by atoms with E-state index in [1.165, 1.54) is 0 Å². The summed E-state index contributed by atoms with van der Waals surface area (Å²) >= 11 is 12.1. The van der Waals surface area contributed by atoms with Gasteiger partial charge in [-0.15, -0.1) is 0 Å². The molecule has 2 rings (SSSR count). The lowest BCUT2D eigenvalue weighted by Gasteiger charge is -2.08. The highest BCUT2D eigenvalue weighted by atomic mass is 35.5. The van der Waals surface area contributed by atoms with E-state index in [9.17, 15) is 4.79 Å². The van der Waals surface area contributed by atoms with E-state index in [-0.39, 0.29) is 6.04 Å². The quantitative estimate of drug-likeness (QED) is 0.855. The highest BCUT2D eigenvalue weighted by Gasteiger charge is 2.14. The Kier molecular flexibility index (Phi) is 3.43. The van der Waals surface area contributed by atoms with Crippen LogP contribution < -0.4 is 11.4 Å². The predicted molar refractivity (Wildman–Crippen MR) is 69.9 cm³/mol. The highest BCUT2D eigenvalue weighted by molar-refractivity contribution is 6.37. The third kappa shape index (κ3) is 2.46. The summed E-state index contributed by atoms with van der Waals surface area (Å²) in [4.78, 5) is 11.7. The van der Waals surface area contributed by atoms with Gasteiger partial charge in [0.2, 0.25) is 0 Å². The van der Waals surface area contributed by atoms with E-state index >= 15 is 0 Å². The Bertz CT molecular complexity index is 620. The molecule has 0 amide bonds. The molecule has 1 unspecified atom stereocenters. The van der Waals surface area contributed by atoms with E-state index in [0.717, 1.165) is 0 Å². The van der Waals surface area contributed by atoms with E-state index in [1.54, 1.807) is 25.1 Å². The van der Waals surface area contributed by atoms with E-state index in [4.69, 9.17) is 33.4 Å². The van der Waals surface area contributed by atoms with E-state index in [1.807, 2.05) is 0 Å². The summed E-state index contributed by atoms with van der Waals surface area (Å²) in [5.41, 5.74) is 6.06. The van der Waals surface area contributed by atoms with Crippen LogP contribution in [0, 0.1) is 0 Å². The Morgan fingerprint density at radius 1 is 1.41 bits per heavy atom. The number of rotatable bonds is 2. The Morgan fingerprint density at radius 3 is 2.76 bits per heavy atom. The van der Waals surface area contributed by atoms with E-state index in [0.29, 0.717) is 33.0 Å². The third-order valence-electron chi connectivity index (χ3n) is 2.42. The maximum atomic E-state index is 11.7. The van der Waals surface area contributed by atoms with Crippen molar-refractivity contribution < 1.29 is 4.42 Å². The molecule has 17 heavy (non-hydrogen) atoms. The average molecular weight is 272 g/mol. The second-order valence-corrected chi connectivity index (χ2v) is 4.82. The van der Waals surface area contributed by atoms with Crippen molar-refractivity contribution in [3.05, 3.63) is 44.2 Å². The fourth-order valence-electron chi connectivity index (χ4n) is 1.67. The first kappa shape index (κ1) is 12.4. The number of benzene rings is 1. The fourth-order valence-corrected chi connectivity index (χ4v) is 2.15. The largest absolute Gasteiger partial charge is 0.422 e. The predicted octanol–water partition coefficient (Wildman–Crippen LogP) is 2.99. The molecule has 1 aromatic heterocycles. The molecule has 1 atom stereocenters. The molecule has 2 aromatic rings. The van der Waals surface area contributed by atoms with Crippen LogP contribution in [-0.2, 0) is 6.42 Å². The van der Waals surface area contributed by atoms with Crippen molar-refractivity contribution in [2.24, 2.45) is 5.73 Å². The van der Waals surface area contributed by atoms with Crippen LogP contribution >= 0.6 is 23.2 Å². The zero-order valence-electron chi connectivity index (χ0n) is 9.17. The van der Waals surface area contributed by atoms with Crippen LogP contribution in [0.5, 0.6) is 0 Å². The SMILES string of the molecule is CC(N)Cc1c(Cl)c2cc(Cl)ccc2oc1=O. The second kappa shape index (κ2) is 4.69. The van der Waals surface area contributed by atoms with Crippen LogP contribution in [0.4, 0.5) is 0 Å². The van der Waals surface area contributed by atoms with Crippen LogP contribution in [0.2, 0.25) is 10.0 Å². The minimum Gasteiger partial charge on any atom is -0.422 e. The molecule has 0 spiro atoms. The summed E-state index contributed by atoms with van der Waals surface area (Å²) in [6.45, 7) is 1.80. The third-order valence-corrected chi connectivity index (χ3v) is 3.09. The fraction of sp³-hybridized carbons (Fsp3) is 0.250. The van der Waals surface area contributed by atoms with Crippen LogP contribution in [0.3, 0.4) is 0 Å². The average Bonchev–Trinajstić information content (AvgIpc) is 2.25. The van der Waals surface area contributed by atoms with Gasteiger partial charge < -0.3 is 10.2 Å². The summed E-state index contributed by atoms with van der Waals surface area (Å²) in [6, 6.07) is 4.79. The lowest BCUT2D eigenvalue weighted by molar-refractivity contribution is 0.544. The normalized spacial score (nSPS) is 12.9. The number of hydrogen-bond acceptors (Lipinski definition) is 3. The van der Waals surface area contributed by atoms with Crippen molar-refractivity contribution in [1.29, 1.82) is 0 Å². The first-order valence-corrected chi connectivity index (χ1v) is 5.91. The van der Waals surface area contributed by atoms with E-state index < -0.39 is 5.63 Å². The van der Waals surface area contributed by atoms with Crippen molar-refractivity contribution in [1.82, 2.24) is 0 Å². The molecule has 90 valence electrons. The van der Waals surface area contributed by atoms with Crippen molar-refractivity contribution >= 4 is 34.2 Å². The summed E-state index contributed by atoms with van der Waals surface area (Å²) in [5.74, 6) is 0. The topological polar surface area (TPSA) is 56.2 Å². The number of fused-ring (bicyclic) bond motifs is 1. The molecule has 0 saturated heterocycles. The molecule has 2 N–H and O–H groups in total. The van der Waals surface area contributed by atoms with Gasteiger partial charge in [-0.3, -0.25) is 0 Å². The Labute approximate surface area is 108 Å². The smallest absolute Gasteiger partial charge is 0.341 e. The molecule has 0 aliphatic heterocycles. The monoisotopic (exact) mass is 271 g/mol.